The Labute approximate surface area is 80.8 Å². The molecular formula is C9H12BrNO. The highest BCUT2D eigenvalue weighted by Crippen LogP contribution is 2.26. The largest absolute Gasteiger partial charge is 0.388 e. The third-order valence-corrected chi connectivity index (χ3v) is 2.47. The number of hydrogen-bond acceptors (Lipinski definition) is 2. The van der Waals surface area contributed by atoms with Gasteiger partial charge in [-0.1, -0.05) is 29.8 Å². The van der Waals surface area contributed by atoms with E-state index in [0.29, 0.717) is 0 Å². The lowest BCUT2D eigenvalue weighted by Crippen LogP contribution is -2.06. The van der Waals surface area contributed by atoms with Gasteiger partial charge in [-0.05, 0) is 12.0 Å². The number of aliphatic hydroxyl groups excluding tert-OH is 1. The van der Waals surface area contributed by atoms with Crippen molar-refractivity contribution in [3.63, 3.8) is 0 Å². The molecule has 66 valence electrons. The van der Waals surface area contributed by atoms with Crippen LogP contribution in [0, 0.1) is 5.92 Å². The van der Waals surface area contributed by atoms with Crippen LogP contribution < -0.4 is 0 Å². The van der Waals surface area contributed by atoms with Gasteiger partial charge in [-0.3, -0.25) is 4.98 Å². The summed E-state index contributed by atoms with van der Waals surface area (Å²) in [6, 6.07) is 1.83. The van der Waals surface area contributed by atoms with Crippen LogP contribution in [0.2, 0.25) is 0 Å². The average Bonchev–Trinajstić information content (AvgIpc) is 2.04. The van der Waals surface area contributed by atoms with Crippen molar-refractivity contribution in [1.29, 1.82) is 0 Å². The predicted octanol–water partition coefficient (Wildman–Crippen LogP) is 2.53. The molecule has 0 radical (unpaired) electrons. The quantitative estimate of drug-likeness (QED) is 0.846. The summed E-state index contributed by atoms with van der Waals surface area (Å²) in [5, 5.41) is 9.71. The summed E-state index contributed by atoms with van der Waals surface area (Å²) in [6.45, 7) is 3.95. The van der Waals surface area contributed by atoms with Gasteiger partial charge in [-0.2, -0.15) is 0 Å². The van der Waals surface area contributed by atoms with E-state index >= 15 is 0 Å². The van der Waals surface area contributed by atoms with E-state index in [0.717, 1.165) is 10.0 Å². The number of halogens is 1. The van der Waals surface area contributed by atoms with Crippen molar-refractivity contribution in [3.8, 4) is 0 Å². The first-order chi connectivity index (χ1) is 5.63. The SMILES string of the molecule is CC(C)C(O)c1cnccc1Br. The third-order valence-electron chi connectivity index (χ3n) is 1.75. The van der Waals surface area contributed by atoms with Crippen LogP contribution in [-0.4, -0.2) is 10.1 Å². The summed E-state index contributed by atoms with van der Waals surface area (Å²) in [6.07, 6.45) is 2.95. The molecule has 0 aliphatic heterocycles. The van der Waals surface area contributed by atoms with Crippen molar-refractivity contribution in [2.24, 2.45) is 5.92 Å². The molecule has 0 bridgehead atoms. The number of rotatable bonds is 2. The van der Waals surface area contributed by atoms with Crippen molar-refractivity contribution in [2.75, 3.05) is 0 Å². The molecule has 1 unspecified atom stereocenters. The predicted molar refractivity (Wildman–Crippen MR) is 51.7 cm³/mol. The summed E-state index contributed by atoms with van der Waals surface area (Å²) in [5.74, 6) is 0.213. The zero-order chi connectivity index (χ0) is 9.14. The molecule has 0 saturated carbocycles. The Morgan fingerprint density at radius 1 is 1.50 bits per heavy atom. The van der Waals surface area contributed by atoms with Crippen LogP contribution in [0.4, 0.5) is 0 Å². The molecule has 3 heteroatoms. The topological polar surface area (TPSA) is 33.1 Å². The van der Waals surface area contributed by atoms with E-state index in [9.17, 15) is 5.11 Å². The average molecular weight is 230 g/mol. The van der Waals surface area contributed by atoms with E-state index in [2.05, 4.69) is 20.9 Å². The van der Waals surface area contributed by atoms with Crippen molar-refractivity contribution in [3.05, 3.63) is 28.5 Å². The Morgan fingerprint density at radius 3 is 2.67 bits per heavy atom. The van der Waals surface area contributed by atoms with Crippen LogP contribution in [0.1, 0.15) is 25.5 Å². The molecule has 1 rings (SSSR count). The maximum atomic E-state index is 9.71. The second-order valence-electron chi connectivity index (χ2n) is 3.09. The Kier molecular flexibility index (Phi) is 3.23. The Balaban J connectivity index is 2.94. The fourth-order valence-electron chi connectivity index (χ4n) is 0.966. The van der Waals surface area contributed by atoms with Gasteiger partial charge in [-0.15, -0.1) is 0 Å². The van der Waals surface area contributed by atoms with Gasteiger partial charge in [0.15, 0.2) is 0 Å². The van der Waals surface area contributed by atoms with Gasteiger partial charge in [0.2, 0.25) is 0 Å². The van der Waals surface area contributed by atoms with Crippen LogP contribution in [-0.2, 0) is 0 Å². The molecule has 0 saturated heterocycles. The summed E-state index contributed by atoms with van der Waals surface area (Å²) in [7, 11) is 0. The first-order valence-corrected chi connectivity index (χ1v) is 4.69. The van der Waals surface area contributed by atoms with Crippen molar-refractivity contribution in [2.45, 2.75) is 20.0 Å². The standard InChI is InChI=1S/C9H12BrNO/c1-6(2)9(12)7-5-11-4-3-8(7)10/h3-6,9,12H,1-2H3. The molecule has 1 N–H and O–H groups in total. The van der Waals surface area contributed by atoms with Crippen LogP contribution in [0.5, 0.6) is 0 Å². The molecule has 1 aromatic heterocycles. The summed E-state index contributed by atoms with van der Waals surface area (Å²) in [4.78, 5) is 3.96. The Bertz CT molecular complexity index is 262. The molecular weight excluding hydrogens is 218 g/mol. The maximum Gasteiger partial charge on any atom is 0.0838 e. The zero-order valence-electron chi connectivity index (χ0n) is 7.16. The van der Waals surface area contributed by atoms with Crippen LogP contribution >= 0.6 is 15.9 Å². The van der Waals surface area contributed by atoms with E-state index in [4.69, 9.17) is 0 Å². The van der Waals surface area contributed by atoms with E-state index in [-0.39, 0.29) is 5.92 Å². The van der Waals surface area contributed by atoms with E-state index < -0.39 is 6.10 Å². The van der Waals surface area contributed by atoms with Crippen LogP contribution in [0.3, 0.4) is 0 Å². The monoisotopic (exact) mass is 229 g/mol. The summed E-state index contributed by atoms with van der Waals surface area (Å²) in [5.41, 5.74) is 0.854. The molecule has 0 spiro atoms. The van der Waals surface area contributed by atoms with Gasteiger partial charge >= 0.3 is 0 Å². The van der Waals surface area contributed by atoms with Crippen LogP contribution in [0.25, 0.3) is 0 Å². The lowest BCUT2D eigenvalue weighted by Gasteiger charge is -2.15. The molecule has 0 aliphatic carbocycles. The molecule has 0 amide bonds. The number of pyridine rings is 1. The fraction of sp³-hybridized carbons (Fsp3) is 0.444. The van der Waals surface area contributed by atoms with Crippen molar-refractivity contribution < 1.29 is 5.11 Å². The highest BCUT2D eigenvalue weighted by molar-refractivity contribution is 9.10. The number of nitrogens with zero attached hydrogens (tertiary/aromatic N) is 1. The molecule has 1 heterocycles. The number of aromatic nitrogens is 1. The highest BCUT2D eigenvalue weighted by atomic mass is 79.9. The van der Waals surface area contributed by atoms with Gasteiger partial charge in [0, 0.05) is 22.4 Å². The molecule has 0 aliphatic rings. The smallest absolute Gasteiger partial charge is 0.0838 e. The zero-order valence-corrected chi connectivity index (χ0v) is 8.75. The molecule has 1 atom stereocenters. The Hall–Kier alpha value is -0.410. The van der Waals surface area contributed by atoms with Gasteiger partial charge in [0.25, 0.3) is 0 Å². The van der Waals surface area contributed by atoms with E-state index in [1.54, 1.807) is 12.4 Å². The van der Waals surface area contributed by atoms with Gasteiger partial charge in [0.1, 0.15) is 0 Å². The first-order valence-electron chi connectivity index (χ1n) is 3.90. The summed E-state index contributed by atoms with van der Waals surface area (Å²) < 4.78 is 0.915. The molecule has 0 fully saturated rings. The van der Waals surface area contributed by atoms with Crippen LogP contribution in [0.15, 0.2) is 22.9 Å². The minimum Gasteiger partial charge on any atom is -0.388 e. The second-order valence-corrected chi connectivity index (χ2v) is 3.94. The fourth-order valence-corrected chi connectivity index (χ4v) is 1.42. The van der Waals surface area contributed by atoms with Crippen molar-refractivity contribution in [1.82, 2.24) is 4.98 Å². The minimum absolute atomic E-state index is 0.213. The maximum absolute atomic E-state index is 9.71. The lowest BCUT2D eigenvalue weighted by atomic mass is 10.0. The lowest BCUT2D eigenvalue weighted by molar-refractivity contribution is 0.126. The minimum atomic E-state index is -0.437. The molecule has 12 heavy (non-hydrogen) atoms. The normalized spacial score (nSPS) is 13.4. The molecule has 2 nitrogen and oxygen atoms in total. The Morgan fingerprint density at radius 2 is 2.17 bits per heavy atom. The third kappa shape index (κ3) is 2.05. The molecule has 0 aromatic carbocycles. The van der Waals surface area contributed by atoms with Crippen molar-refractivity contribution >= 4 is 15.9 Å². The summed E-state index contributed by atoms with van der Waals surface area (Å²) >= 11 is 3.37. The molecule has 1 aromatic rings. The van der Waals surface area contributed by atoms with Gasteiger partial charge in [0.05, 0.1) is 6.10 Å². The van der Waals surface area contributed by atoms with Gasteiger partial charge < -0.3 is 5.11 Å². The highest BCUT2D eigenvalue weighted by Gasteiger charge is 2.14. The van der Waals surface area contributed by atoms with E-state index in [1.165, 1.54) is 0 Å². The second kappa shape index (κ2) is 4.01. The number of aliphatic hydroxyl groups is 1. The van der Waals surface area contributed by atoms with Gasteiger partial charge in [-0.25, -0.2) is 0 Å². The van der Waals surface area contributed by atoms with E-state index in [1.807, 2.05) is 19.9 Å². The first kappa shape index (κ1) is 9.68. The number of hydrogen-bond donors (Lipinski definition) is 1.